The molecule has 2 rings (SSSR count). The molecular formula is C8H15NO. The maximum absolute atomic E-state index is 5.28. The Labute approximate surface area is 62.2 Å². The molecule has 2 fully saturated rings. The highest BCUT2D eigenvalue weighted by Crippen LogP contribution is 2.30. The second-order valence-corrected chi connectivity index (χ2v) is 3.37. The summed E-state index contributed by atoms with van der Waals surface area (Å²) >= 11 is 0. The Balaban J connectivity index is 1.81. The molecule has 2 heteroatoms. The molecular weight excluding hydrogens is 126 g/mol. The summed E-state index contributed by atoms with van der Waals surface area (Å²) in [4.78, 5) is 2.56. The van der Waals surface area contributed by atoms with Gasteiger partial charge in [0.1, 0.15) is 0 Å². The lowest BCUT2D eigenvalue weighted by molar-refractivity contribution is 0.107. The topological polar surface area (TPSA) is 12.5 Å². The SMILES string of the molecule is CO[C@@H]1CCN(C2CC2)C1. The molecule has 1 heterocycles. The number of hydrogen-bond donors (Lipinski definition) is 0. The Bertz CT molecular complexity index is 122. The van der Waals surface area contributed by atoms with Gasteiger partial charge in [-0.05, 0) is 19.3 Å². The quantitative estimate of drug-likeness (QED) is 0.565. The van der Waals surface area contributed by atoms with Crippen LogP contribution >= 0.6 is 0 Å². The molecule has 0 aromatic heterocycles. The van der Waals surface area contributed by atoms with E-state index in [-0.39, 0.29) is 0 Å². The van der Waals surface area contributed by atoms with E-state index >= 15 is 0 Å². The van der Waals surface area contributed by atoms with Gasteiger partial charge in [0.25, 0.3) is 0 Å². The van der Waals surface area contributed by atoms with E-state index in [2.05, 4.69) is 4.90 Å². The highest BCUT2D eigenvalue weighted by molar-refractivity contribution is 4.89. The molecule has 1 saturated heterocycles. The average Bonchev–Trinajstić information content (AvgIpc) is 2.70. The van der Waals surface area contributed by atoms with Crippen LogP contribution in [0.15, 0.2) is 0 Å². The van der Waals surface area contributed by atoms with Crippen LogP contribution in [0.4, 0.5) is 0 Å². The predicted octanol–water partition coefficient (Wildman–Crippen LogP) is 0.869. The summed E-state index contributed by atoms with van der Waals surface area (Å²) in [6.07, 6.45) is 4.63. The largest absolute Gasteiger partial charge is 0.380 e. The van der Waals surface area contributed by atoms with Crippen LogP contribution in [0.25, 0.3) is 0 Å². The zero-order valence-electron chi connectivity index (χ0n) is 6.55. The zero-order valence-corrected chi connectivity index (χ0v) is 6.55. The third kappa shape index (κ3) is 1.18. The molecule has 0 unspecified atom stereocenters. The lowest BCUT2D eigenvalue weighted by Crippen LogP contribution is -2.24. The van der Waals surface area contributed by atoms with Crippen LogP contribution in [-0.2, 0) is 4.74 Å². The summed E-state index contributed by atoms with van der Waals surface area (Å²) in [6.45, 7) is 2.45. The van der Waals surface area contributed by atoms with Gasteiger partial charge < -0.3 is 4.74 Å². The van der Waals surface area contributed by atoms with E-state index in [1.165, 1.54) is 32.4 Å². The van der Waals surface area contributed by atoms with Crippen molar-refractivity contribution in [3.63, 3.8) is 0 Å². The van der Waals surface area contributed by atoms with Gasteiger partial charge in [0.2, 0.25) is 0 Å². The Morgan fingerprint density at radius 2 is 2.10 bits per heavy atom. The average molecular weight is 141 g/mol. The fourth-order valence-electron chi connectivity index (χ4n) is 1.72. The van der Waals surface area contributed by atoms with Crippen molar-refractivity contribution in [1.82, 2.24) is 4.90 Å². The molecule has 1 saturated carbocycles. The van der Waals surface area contributed by atoms with Crippen LogP contribution in [0.3, 0.4) is 0 Å². The normalized spacial score (nSPS) is 35.1. The number of rotatable bonds is 2. The van der Waals surface area contributed by atoms with Crippen LogP contribution in [0, 0.1) is 0 Å². The van der Waals surface area contributed by atoms with E-state index in [1.54, 1.807) is 0 Å². The predicted molar refractivity (Wildman–Crippen MR) is 40.0 cm³/mol. The minimum Gasteiger partial charge on any atom is -0.380 e. The Kier molecular flexibility index (Phi) is 1.66. The highest BCUT2D eigenvalue weighted by Gasteiger charge is 2.34. The number of nitrogens with zero attached hydrogens (tertiary/aromatic N) is 1. The highest BCUT2D eigenvalue weighted by atomic mass is 16.5. The standard InChI is InChI=1S/C8H15NO/c1-10-8-4-5-9(6-8)7-2-3-7/h7-8H,2-6H2,1H3/t8-/m1/s1. The molecule has 2 aliphatic rings. The number of hydrogen-bond acceptors (Lipinski definition) is 2. The summed E-state index contributed by atoms with van der Waals surface area (Å²) in [5.41, 5.74) is 0. The first-order valence-corrected chi connectivity index (χ1v) is 4.17. The van der Waals surface area contributed by atoms with Crippen LogP contribution < -0.4 is 0 Å². The molecule has 0 aromatic carbocycles. The molecule has 0 spiro atoms. The van der Waals surface area contributed by atoms with E-state index in [4.69, 9.17) is 4.74 Å². The van der Waals surface area contributed by atoms with Crippen LogP contribution in [-0.4, -0.2) is 37.2 Å². The van der Waals surface area contributed by atoms with Crippen molar-refractivity contribution in [3.05, 3.63) is 0 Å². The fourth-order valence-corrected chi connectivity index (χ4v) is 1.72. The van der Waals surface area contributed by atoms with E-state index in [0.29, 0.717) is 6.10 Å². The smallest absolute Gasteiger partial charge is 0.0710 e. The molecule has 1 aliphatic heterocycles. The van der Waals surface area contributed by atoms with E-state index in [0.717, 1.165) is 6.04 Å². The Morgan fingerprint density at radius 1 is 1.30 bits per heavy atom. The zero-order chi connectivity index (χ0) is 6.97. The first-order valence-electron chi connectivity index (χ1n) is 4.17. The maximum atomic E-state index is 5.28. The molecule has 0 amide bonds. The lowest BCUT2D eigenvalue weighted by Gasteiger charge is -2.13. The molecule has 1 aliphatic carbocycles. The van der Waals surface area contributed by atoms with Gasteiger partial charge in [0, 0.05) is 26.2 Å². The second kappa shape index (κ2) is 2.51. The van der Waals surface area contributed by atoms with Gasteiger partial charge in [0.15, 0.2) is 0 Å². The number of likely N-dealkylation sites (tertiary alicyclic amines) is 1. The summed E-state index contributed by atoms with van der Waals surface area (Å²) in [5, 5.41) is 0. The molecule has 1 atom stereocenters. The van der Waals surface area contributed by atoms with Gasteiger partial charge in [0.05, 0.1) is 6.10 Å². The second-order valence-electron chi connectivity index (χ2n) is 3.37. The summed E-state index contributed by atoms with van der Waals surface area (Å²) < 4.78 is 5.28. The first-order chi connectivity index (χ1) is 4.90. The molecule has 0 N–H and O–H groups in total. The van der Waals surface area contributed by atoms with Crippen LogP contribution in [0.5, 0.6) is 0 Å². The van der Waals surface area contributed by atoms with Crippen molar-refractivity contribution < 1.29 is 4.74 Å². The molecule has 10 heavy (non-hydrogen) atoms. The third-order valence-corrected chi connectivity index (χ3v) is 2.57. The van der Waals surface area contributed by atoms with Crippen molar-refractivity contribution in [3.8, 4) is 0 Å². The van der Waals surface area contributed by atoms with Crippen molar-refractivity contribution in [2.45, 2.75) is 31.4 Å². The molecule has 2 nitrogen and oxygen atoms in total. The minimum absolute atomic E-state index is 0.528. The Hall–Kier alpha value is -0.0800. The van der Waals surface area contributed by atoms with Gasteiger partial charge in [-0.1, -0.05) is 0 Å². The summed E-state index contributed by atoms with van der Waals surface area (Å²) in [7, 11) is 1.82. The lowest BCUT2D eigenvalue weighted by atomic mass is 10.3. The van der Waals surface area contributed by atoms with Crippen molar-refractivity contribution in [2.75, 3.05) is 20.2 Å². The van der Waals surface area contributed by atoms with E-state index < -0.39 is 0 Å². The monoisotopic (exact) mass is 141 g/mol. The van der Waals surface area contributed by atoms with Crippen LogP contribution in [0.2, 0.25) is 0 Å². The minimum atomic E-state index is 0.528. The molecule has 0 bridgehead atoms. The molecule has 0 aromatic rings. The summed E-state index contributed by atoms with van der Waals surface area (Å²) in [6, 6.07) is 0.931. The first kappa shape index (κ1) is 6.62. The van der Waals surface area contributed by atoms with Crippen LogP contribution in [0.1, 0.15) is 19.3 Å². The number of methoxy groups -OCH3 is 1. The van der Waals surface area contributed by atoms with Gasteiger partial charge >= 0.3 is 0 Å². The van der Waals surface area contributed by atoms with Crippen molar-refractivity contribution >= 4 is 0 Å². The van der Waals surface area contributed by atoms with Gasteiger partial charge in [-0.25, -0.2) is 0 Å². The van der Waals surface area contributed by atoms with Crippen molar-refractivity contribution in [2.24, 2.45) is 0 Å². The van der Waals surface area contributed by atoms with Gasteiger partial charge in [-0.3, -0.25) is 4.90 Å². The fraction of sp³-hybridized carbons (Fsp3) is 1.00. The summed E-state index contributed by atoms with van der Waals surface area (Å²) in [5.74, 6) is 0. The molecule has 0 radical (unpaired) electrons. The van der Waals surface area contributed by atoms with E-state index in [1.807, 2.05) is 7.11 Å². The number of ether oxygens (including phenoxy) is 1. The molecule has 58 valence electrons. The van der Waals surface area contributed by atoms with Crippen molar-refractivity contribution in [1.29, 1.82) is 0 Å². The van der Waals surface area contributed by atoms with Gasteiger partial charge in [-0.15, -0.1) is 0 Å². The maximum Gasteiger partial charge on any atom is 0.0710 e. The van der Waals surface area contributed by atoms with E-state index in [9.17, 15) is 0 Å². The Morgan fingerprint density at radius 3 is 2.60 bits per heavy atom. The van der Waals surface area contributed by atoms with Gasteiger partial charge in [-0.2, -0.15) is 0 Å². The third-order valence-electron chi connectivity index (χ3n) is 2.57.